The molecule has 1 aliphatic rings. The molecular weight excluding hydrogens is 440 g/mol. The number of H-pyrrole nitrogens is 1. The molecule has 2 N–H and O–H groups in total. The summed E-state index contributed by atoms with van der Waals surface area (Å²) in [4.78, 5) is 46.3. The van der Waals surface area contributed by atoms with Crippen molar-refractivity contribution in [2.24, 2.45) is 0 Å². The summed E-state index contributed by atoms with van der Waals surface area (Å²) in [5.74, 6) is -1.18. The smallest absolute Gasteiger partial charge is 0.335 e. The quantitative estimate of drug-likeness (QED) is 0.342. The van der Waals surface area contributed by atoms with Crippen LogP contribution in [-0.4, -0.2) is 27.8 Å². The van der Waals surface area contributed by atoms with Gasteiger partial charge in [-0.1, -0.05) is 23.8 Å². The highest BCUT2D eigenvalue weighted by Gasteiger charge is 2.37. The van der Waals surface area contributed by atoms with Crippen molar-refractivity contribution in [1.82, 2.24) is 15.3 Å². The van der Waals surface area contributed by atoms with Crippen molar-refractivity contribution >= 4 is 52.4 Å². The number of urea groups is 1. The van der Waals surface area contributed by atoms with Gasteiger partial charge in [0.25, 0.3) is 11.8 Å². The highest BCUT2D eigenvalue weighted by atomic mass is 32.2. The fraction of sp³-hybridized carbons (Fsp3) is 0.0833. The number of aryl methyl sites for hydroxylation is 2. The molecule has 0 saturated carbocycles. The first-order valence-electron chi connectivity index (χ1n) is 10.1. The monoisotopic (exact) mass is 458 g/mol. The highest BCUT2D eigenvalue weighted by Crippen LogP contribution is 2.30. The van der Waals surface area contributed by atoms with Gasteiger partial charge in [0, 0.05) is 0 Å². The van der Waals surface area contributed by atoms with Gasteiger partial charge < -0.3 is 9.40 Å². The van der Waals surface area contributed by atoms with Crippen LogP contribution in [0.1, 0.15) is 16.9 Å². The maximum atomic E-state index is 13.0. The van der Waals surface area contributed by atoms with Crippen molar-refractivity contribution in [2.75, 3.05) is 4.90 Å². The van der Waals surface area contributed by atoms with Gasteiger partial charge in [-0.15, -0.1) is 0 Å². The maximum Gasteiger partial charge on any atom is 0.335 e. The van der Waals surface area contributed by atoms with Crippen molar-refractivity contribution in [1.29, 1.82) is 0 Å². The summed E-state index contributed by atoms with van der Waals surface area (Å²) in [6.45, 7) is 3.91. The SMILES string of the molecule is Cc1ccc(N2C(=O)NC(=O)/C(=C\c3ccc(Sc4nc5ccc(C)cc5[nH]4)o3)C2=O)cc1. The molecule has 4 amide bonds. The molecule has 8 nitrogen and oxygen atoms in total. The third kappa shape index (κ3) is 4.06. The molecule has 1 fully saturated rings. The van der Waals surface area contributed by atoms with E-state index >= 15 is 0 Å². The van der Waals surface area contributed by atoms with Crippen molar-refractivity contribution in [3.63, 3.8) is 0 Å². The van der Waals surface area contributed by atoms with E-state index in [9.17, 15) is 14.4 Å². The average molecular weight is 458 g/mol. The number of nitrogens with one attached hydrogen (secondary N) is 2. The van der Waals surface area contributed by atoms with Crippen LogP contribution in [0.15, 0.2) is 74.8 Å². The van der Waals surface area contributed by atoms with E-state index in [1.165, 1.54) is 17.8 Å². The lowest BCUT2D eigenvalue weighted by Gasteiger charge is -2.26. The number of rotatable bonds is 4. The summed E-state index contributed by atoms with van der Waals surface area (Å²) < 4.78 is 5.78. The fourth-order valence-corrected chi connectivity index (χ4v) is 4.21. The summed E-state index contributed by atoms with van der Waals surface area (Å²) in [7, 11) is 0. The number of barbiturate groups is 1. The molecule has 164 valence electrons. The van der Waals surface area contributed by atoms with Crippen LogP contribution in [0.2, 0.25) is 0 Å². The van der Waals surface area contributed by atoms with Crippen LogP contribution in [0.5, 0.6) is 0 Å². The number of hydrogen-bond donors (Lipinski definition) is 2. The van der Waals surface area contributed by atoms with E-state index in [2.05, 4.69) is 15.3 Å². The summed E-state index contributed by atoms with van der Waals surface area (Å²) in [6.07, 6.45) is 1.33. The lowest BCUT2D eigenvalue weighted by atomic mass is 10.1. The van der Waals surface area contributed by atoms with Crippen LogP contribution in [-0.2, 0) is 9.59 Å². The largest absolute Gasteiger partial charge is 0.450 e. The van der Waals surface area contributed by atoms with Crippen LogP contribution in [0.25, 0.3) is 17.1 Å². The first kappa shape index (κ1) is 20.8. The number of amides is 4. The number of benzene rings is 2. The van der Waals surface area contributed by atoms with Crippen LogP contribution >= 0.6 is 11.8 Å². The van der Waals surface area contributed by atoms with E-state index in [0.29, 0.717) is 21.7 Å². The second kappa shape index (κ2) is 8.10. The van der Waals surface area contributed by atoms with Gasteiger partial charge in [-0.2, -0.15) is 0 Å². The zero-order valence-electron chi connectivity index (χ0n) is 17.7. The molecule has 0 atom stereocenters. The minimum absolute atomic E-state index is 0.194. The van der Waals surface area contributed by atoms with Crippen molar-refractivity contribution < 1.29 is 18.8 Å². The van der Waals surface area contributed by atoms with Crippen LogP contribution in [0.4, 0.5) is 10.5 Å². The molecule has 0 aliphatic carbocycles. The Balaban J connectivity index is 1.40. The second-order valence-electron chi connectivity index (χ2n) is 7.61. The number of nitrogens with zero attached hydrogens (tertiary/aromatic N) is 2. The molecule has 2 aromatic heterocycles. The Morgan fingerprint density at radius 3 is 2.52 bits per heavy atom. The Morgan fingerprint density at radius 1 is 0.970 bits per heavy atom. The lowest BCUT2D eigenvalue weighted by molar-refractivity contribution is -0.122. The van der Waals surface area contributed by atoms with Gasteiger partial charge in [-0.25, -0.2) is 14.7 Å². The van der Waals surface area contributed by atoms with E-state index in [-0.39, 0.29) is 5.57 Å². The number of anilines is 1. The number of carbonyl (C=O) groups is 3. The van der Waals surface area contributed by atoms with Crippen molar-refractivity contribution in [3.8, 4) is 0 Å². The molecule has 9 heteroatoms. The Kier molecular flexibility index (Phi) is 5.10. The maximum absolute atomic E-state index is 13.0. The Morgan fingerprint density at radius 2 is 1.73 bits per heavy atom. The molecule has 2 aromatic carbocycles. The van der Waals surface area contributed by atoms with E-state index in [0.717, 1.165) is 27.1 Å². The van der Waals surface area contributed by atoms with Gasteiger partial charge in [-0.05, 0) is 73.6 Å². The van der Waals surface area contributed by atoms with E-state index < -0.39 is 17.8 Å². The van der Waals surface area contributed by atoms with Crippen LogP contribution in [0.3, 0.4) is 0 Å². The zero-order chi connectivity index (χ0) is 23.1. The molecule has 0 unspecified atom stereocenters. The number of carbonyl (C=O) groups excluding carboxylic acids is 3. The Hall–Kier alpha value is -4.11. The molecule has 0 radical (unpaired) electrons. The Bertz CT molecular complexity index is 1450. The van der Waals surface area contributed by atoms with Crippen LogP contribution < -0.4 is 10.2 Å². The second-order valence-corrected chi connectivity index (χ2v) is 8.61. The van der Waals surface area contributed by atoms with Gasteiger partial charge in [-0.3, -0.25) is 14.9 Å². The number of fused-ring (bicyclic) bond motifs is 1. The molecule has 0 bridgehead atoms. The molecule has 1 saturated heterocycles. The average Bonchev–Trinajstić information content (AvgIpc) is 3.38. The van der Waals surface area contributed by atoms with Crippen molar-refractivity contribution in [3.05, 3.63) is 77.1 Å². The minimum atomic E-state index is -0.790. The Labute approximate surface area is 192 Å². The summed E-state index contributed by atoms with van der Waals surface area (Å²) in [6, 6.07) is 15.4. The number of hydrogen-bond acceptors (Lipinski definition) is 6. The first-order chi connectivity index (χ1) is 15.9. The van der Waals surface area contributed by atoms with Gasteiger partial charge in [0.05, 0.1) is 16.7 Å². The predicted molar refractivity (Wildman–Crippen MR) is 124 cm³/mol. The van der Waals surface area contributed by atoms with E-state index in [4.69, 9.17) is 4.42 Å². The standard InChI is InChI=1S/C24H18N4O4S/c1-13-3-6-15(7-4-13)28-22(30)17(21(29)27-24(28)31)12-16-8-10-20(32-16)33-23-25-18-9-5-14(2)11-19(18)26-23/h3-12H,1-2H3,(H,25,26)(H,27,29,31)/b17-12+. The topological polar surface area (TPSA) is 108 Å². The van der Waals surface area contributed by atoms with Gasteiger partial charge in [0.2, 0.25) is 0 Å². The summed E-state index contributed by atoms with van der Waals surface area (Å²) in [5, 5.41) is 3.40. The normalized spacial score (nSPS) is 15.5. The van der Waals surface area contributed by atoms with Gasteiger partial charge >= 0.3 is 6.03 Å². The third-order valence-corrected chi connectivity index (χ3v) is 5.90. The molecule has 0 spiro atoms. The summed E-state index contributed by atoms with van der Waals surface area (Å²) >= 11 is 1.29. The predicted octanol–water partition coefficient (Wildman–Crippen LogP) is 4.59. The number of furan rings is 1. The number of imidazole rings is 1. The van der Waals surface area contributed by atoms with E-state index in [1.807, 2.05) is 32.0 Å². The fourth-order valence-electron chi connectivity index (χ4n) is 3.44. The van der Waals surface area contributed by atoms with Crippen LogP contribution in [0, 0.1) is 13.8 Å². The molecule has 33 heavy (non-hydrogen) atoms. The first-order valence-corrected chi connectivity index (χ1v) is 10.9. The zero-order valence-corrected chi connectivity index (χ0v) is 18.5. The van der Waals surface area contributed by atoms with E-state index in [1.54, 1.807) is 36.4 Å². The number of aromatic nitrogens is 2. The third-order valence-electron chi connectivity index (χ3n) is 5.10. The van der Waals surface area contributed by atoms with Gasteiger partial charge in [0.15, 0.2) is 10.2 Å². The molecule has 4 aromatic rings. The summed E-state index contributed by atoms with van der Waals surface area (Å²) in [5.41, 5.74) is 4.07. The molecular formula is C24H18N4O4S. The van der Waals surface area contributed by atoms with Gasteiger partial charge in [0.1, 0.15) is 11.3 Å². The van der Waals surface area contributed by atoms with Crippen molar-refractivity contribution in [2.45, 2.75) is 24.1 Å². The highest BCUT2D eigenvalue weighted by molar-refractivity contribution is 7.99. The molecule has 1 aliphatic heterocycles. The lowest BCUT2D eigenvalue weighted by Crippen LogP contribution is -2.54. The number of imide groups is 2. The molecule has 3 heterocycles. The number of aromatic amines is 1. The minimum Gasteiger partial charge on any atom is -0.450 e. The molecule has 5 rings (SSSR count).